The normalized spacial score (nSPS) is 15.7. The first-order valence-electron chi connectivity index (χ1n) is 10.5. The Labute approximate surface area is 197 Å². The minimum absolute atomic E-state index is 0.154. The highest BCUT2D eigenvalue weighted by molar-refractivity contribution is 7.93. The number of fused-ring (bicyclic) bond motifs is 1. The van der Waals surface area contributed by atoms with Crippen LogP contribution >= 0.6 is 11.3 Å². The first-order valence-corrected chi connectivity index (χ1v) is 12.8. The summed E-state index contributed by atoms with van der Waals surface area (Å²) in [5, 5.41) is 7.45. The van der Waals surface area contributed by atoms with E-state index in [2.05, 4.69) is 10.6 Å². The monoisotopic (exact) mass is 483 g/mol. The fourth-order valence-electron chi connectivity index (χ4n) is 4.25. The summed E-state index contributed by atoms with van der Waals surface area (Å²) >= 11 is 1.51. The molecule has 2 N–H and O–H groups in total. The molecule has 1 unspecified atom stereocenters. The van der Waals surface area contributed by atoms with Crippen molar-refractivity contribution in [3.63, 3.8) is 0 Å². The Balaban J connectivity index is 1.74. The Bertz CT molecular complexity index is 1290. The molecule has 1 atom stereocenters. The van der Waals surface area contributed by atoms with E-state index in [1.54, 1.807) is 50.2 Å². The summed E-state index contributed by atoms with van der Waals surface area (Å²) in [6, 6.07) is 12.9. The van der Waals surface area contributed by atoms with Crippen LogP contribution in [0.25, 0.3) is 0 Å². The van der Waals surface area contributed by atoms with Gasteiger partial charge in [0, 0.05) is 4.88 Å². The molecule has 9 heteroatoms. The van der Waals surface area contributed by atoms with E-state index in [4.69, 9.17) is 0 Å². The maximum absolute atomic E-state index is 14.0. The molecule has 1 aromatic heterocycles. The highest BCUT2D eigenvalue weighted by Gasteiger charge is 2.42. The second-order valence-corrected chi connectivity index (χ2v) is 10.9. The maximum Gasteiger partial charge on any atom is 0.265 e. The fraction of sp³-hybridized carbons (Fsp3) is 0.250. The van der Waals surface area contributed by atoms with Gasteiger partial charge in [0.1, 0.15) is 6.04 Å². The number of nitrogens with one attached hydrogen (secondary N) is 2. The molecule has 0 radical (unpaired) electrons. The molecule has 2 heterocycles. The van der Waals surface area contributed by atoms with Crippen LogP contribution in [-0.4, -0.2) is 26.3 Å². The van der Waals surface area contributed by atoms with Gasteiger partial charge in [-0.3, -0.25) is 13.9 Å². The van der Waals surface area contributed by atoms with Crippen LogP contribution < -0.4 is 14.9 Å². The van der Waals surface area contributed by atoms with Gasteiger partial charge in [-0.05, 0) is 55.5 Å². The topological polar surface area (TPSA) is 95.6 Å². The summed E-state index contributed by atoms with van der Waals surface area (Å²) in [6.45, 7) is 5.71. The van der Waals surface area contributed by atoms with E-state index in [1.165, 1.54) is 11.3 Å². The van der Waals surface area contributed by atoms with E-state index in [9.17, 15) is 18.0 Å². The third-order valence-corrected chi connectivity index (χ3v) is 8.53. The molecule has 0 fully saturated rings. The number of hydrogen-bond donors (Lipinski definition) is 2. The number of anilines is 2. The highest BCUT2D eigenvalue weighted by atomic mass is 32.2. The zero-order chi connectivity index (χ0) is 23.8. The number of para-hydroxylation sites is 2. The lowest BCUT2D eigenvalue weighted by molar-refractivity contribution is -0.125. The Kier molecular flexibility index (Phi) is 6.27. The van der Waals surface area contributed by atoms with Crippen molar-refractivity contribution in [1.82, 2.24) is 5.32 Å². The number of nitrogens with zero attached hydrogens (tertiary/aromatic N) is 1. The number of sulfonamides is 1. The van der Waals surface area contributed by atoms with Gasteiger partial charge in [-0.1, -0.05) is 35.9 Å². The minimum Gasteiger partial charge on any atom is -0.351 e. The fourth-order valence-corrected chi connectivity index (χ4v) is 6.95. The average molecular weight is 484 g/mol. The van der Waals surface area contributed by atoms with Crippen molar-refractivity contribution in [2.45, 2.75) is 44.7 Å². The second-order valence-electron chi connectivity index (χ2n) is 8.11. The zero-order valence-electron chi connectivity index (χ0n) is 18.6. The van der Waals surface area contributed by atoms with E-state index < -0.39 is 27.9 Å². The molecule has 0 bridgehead atoms. The summed E-state index contributed by atoms with van der Waals surface area (Å²) < 4.78 is 29.1. The van der Waals surface area contributed by atoms with E-state index in [0.717, 1.165) is 14.7 Å². The van der Waals surface area contributed by atoms with Gasteiger partial charge < -0.3 is 10.6 Å². The lowest BCUT2D eigenvalue weighted by Crippen LogP contribution is -2.52. The summed E-state index contributed by atoms with van der Waals surface area (Å²) in [5.74, 6) is -0.938. The number of rotatable bonds is 6. The van der Waals surface area contributed by atoms with Crippen LogP contribution in [0.1, 0.15) is 28.0 Å². The number of hydrogen-bond acceptors (Lipinski definition) is 5. The Morgan fingerprint density at radius 2 is 1.79 bits per heavy atom. The van der Waals surface area contributed by atoms with Gasteiger partial charge in [-0.15, -0.1) is 11.3 Å². The van der Waals surface area contributed by atoms with Gasteiger partial charge in [0.15, 0.2) is 0 Å². The first-order chi connectivity index (χ1) is 15.7. The van der Waals surface area contributed by atoms with Gasteiger partial charge in [0.05, 0.1) is 29.2 Å². The smallest absolute Gasteiger partial charge is 0.265 e. The van der Waals surface area contributed by atoms with Crippen molar-refractivity contribution >= 4 is 44.5 Å². The van der Waals surface area contributed by atoms with Crippen molar-refractivity contribution in [3.05, 3.63) is 75.5 Å². The van der Waals surface area contributed by atoms with Crippen molar-refractivity contribution in [2.24, 2.45) is 0 Å². The number of amides is 2. The van der Waals surface area contributed by atoms with E-state index in [-0.39, 0.29) is 11.3 Å². The van der Waals surface area contributed by atoms with Gasteiger partial charge in [0.2, 0.25) is 11.8 Å². The second kappa shape index (κ2) is 8.99. The van der Waals surface area contributed by atoms with E-state index in [0.29, 0.717) is 29.0 Å². The highest BCUT2D eigenvalue weighted by Crippen LogP contribution is 2.38. The molecule has 0 spiro atoms. The van der Waals surface area contributed by atoms with Crippen LogP contribution in [-0.2, 0) is 26.2 Å². The van der Waals surface area contributed by atoms with Crippen molar-refractivity contribution in [3.8, 4) is 0 Å². The molecule has 3 aromatic rings. The minimum atomic E-state index is -4.14. The maximum atomic E-state index is 14.0. The molecule has 172 valence electrons. The average Bonchev–Trinajstić information content (AvgIpc) is 3.25. The third-order valence-electron chi connectivity index (χ3n) is 5.53. The lowest BCUT2D eigenvalue weighted by Gasteiger charge is -2.37. The van der Waals surface area contributed by atoms with Gasteiger partial charge in [-0.25, -0.2) is 8.42 Å². The SMILES string of the molecule is Cc1cc(C)c(S(=O)(=O)N2c3ccccc3NC(=O)C2CC(=O)NCc2cccs2)c(C)c1. The summed E-state index contributed by atoms with van der Waals surface area (Å²) in [7, 11) is -4.14. The third kappa shape index (κ3) is 4.51. The Morgan fingerprint density at radius 1 is 1.09 bits per heavy atom. The van der Waals surface area contributed by atoms with E-state index in [1.807, 2.05) is 24.4 Å². The van der Waals surface area contributed by atoms with Crippen LogP contribution in [0.3, 0.4) is 0 Å². The van der Waals surface area contributed by atoms with E-state index >= 15 is 0 Å². The summed E-state index contributed by atoms with van der Waals surface area (Å²) in [5.41, 5.74) is 2.87. The molecule has 4 rings (SSSR count). The zero-order valence-corrected chi connectivity index (χ0v) is 20.2. The molecule has 0 saturated carbocycles. The molecule has 0 aliphatic carbocycles. The molecule has 7 nitrogen and oxygen atoms in total. The van der Waals surface area contributed by atoms with Crippen molar-refractivity contribution in [2.75, 3.05) is 9.62 Å². The first kappa shape index (κ1) is 23.0. The number of benzene rings is 2. The molecule has 2 aromatic carbocycles. The van der Waals surface area contributed by atoms with Crippen molar-refractivity contribution < 1.29 is 18.0 Å². The molecule has 1 aliphatic rings. The van der Waals surface area contributed by atoms with Crippen molar-refractivity contribution in [1.29, 1.82) is 0 Å². The number of aryl methyl sites for hydroxylation is 3. The number of carbonyl (C=O) groups is 2. The molecular formula is C24H25N3O4S2. The van der Waals surface area contributed by atoms with Gasteiger partial charge in [0.25, 0.3) is 10.0 Å². The largest absolute Gasteiger partial charge is 0.351 e. The predicted molar refractivity (Wildman–Crippen MR) is 130 cm³/mol. The standard InChI is InChI=1S/C24H25N3O4S2/c1-15-11-16(2)23(17(3)12-15)33(30,31)27-20-9-5-4-8-19(20)26-24(29)21(27)13-22(28)25-14-18-7-6-10-32-18/h4-12,21H,13-14H2,1-3H3,(H,25,28)(H,26,29). The van der Waals surface area contributed by atoms with Crippen LogP contribution in [0.4, 0.5) is 11.4 Å². The summed E-state index contributed by atoms with van der Waals surface area (Å²) in [6.07, 6.45) is -0.297. The lowest BCUT2D eigenvalue weighted by atomic mass is 10.1. The molecule has 33 heavy (non-hydrogen) atoms. The van der Waals surface area contributed by atoms with Crippen LogP contribution in [0, 0.1) is 20.8 Å². The van der Waals surface area contributed by atoms with Crippen LogP contribution in [0.2, 0.25) is 0 Å². The van der Waals surface area contributed by atoms with Gasteiger partial charge >= 0.3 is 0 Å². The molecule has 2 amide bonds. The molecular weight excluding hydrogens is 458 g/mol. The Hall–Kier alpha value is -3.17. The van der Waals surface area contributed by atoms with Crippen LogP contribution in [0.5, 0.6) is 0 Å². The number of thiophene rings is 1. The summed E-state index contributed by atoms with van der Waals surface area (Å²) in [4.78, 5) is 26.9. The molecule has 1 aliphatic heterocycles. The quantitative estimate of drug-likeness (QED) is 0.556. The van der Waals surface area contributed by atoms with Gasteiger partial charge in [-0.2, -0.15) is 0 Å². The predicted octanol–water partition coefficient (Wildman–Crippen LogP) is 3.90. The molecule has 0 saturated heterocycles. The van der Waals surface area contributed by atoms with Crippen LogP contribution in [0.15, 0.2) is 58.8 Å². The Morgan fingerprint density at radius 3 is 2.45 bits per heavy atom. The number of carbonyl (C=O) groups excluding carboxylic acids is 2.